The van der Waals surface area contributed by atoms with Gasteiger partial charge < -0.3 is 10.1 Å². The molecule has 0 radical (unpaired) electrons. The minimum absolute atomic E-state index is 0.173. The molecule has 1 N–H and O–H groups in total. The average Bonchev–Trinajstić information content (AvgIpc) is 2.36. The molecule has 1 unspecified atom stereocenters. The Hall–Kier alpha value is -1.95. The molecule has 1 amide bonds. The molecule has 0 aliphatic carbocycles. The summed E-state index contributed by atoms with van der Waals surface area (Å²) in [7, 11) is 1.58. The summed E-state index contributed by atoms with van der Waals surface area (Å²) in [6.07, 6.45) is 6.01. The Morgan fingerprint density at radius 2 is 2.29 bits per heavy atom. The number of nitrogens with one attached hydrogen (secondary N) is 1. The maximum absolute atomic E-state index is 11.9. The van der Waals surface area contributed by atoms with Crippen molar-refractivity contribution in [3.63, 3.8) is 0 Å². The van der Waals surface area contributed by atoms with Crippen LogP contribution in [0.2, 0.25) is 0 Å². The molecule has 0 bridgehead atoms. The van der Waals surface area contributed by atoms with Gasteiger partial charge in [-0.1, -0.05) is 18.9 Å². The van der Waals surface area contributed by atoms with Gasteiger partial charge in [-0.3, -0.25) is 4.79 Å². The van der Waals surface area contributed by atoms with Crippen molar-refractivity contribution in [1.29, 1.82) is 0 Å². The molecule has 1 aromatic carbocycles. The van der Waals surface area contributed by atoms with Crippen LogP contribution in [-0.2, 0) is 0 Å². The first kappa shape index (κ1) is 13.1. The fourth-order valence-corrected chi connectivity index (χ4v) is 1.46. The van der Waals surface area contributed by atoms with Gasteiger partial charge in [0.05, 0.1) is 13.2 Å². The summed E-state index contributed by atoms with van der Waals surface area (Å²) in [5.74, 6) is 3.06. The Balaban J connectivity index is 2.86. The van der Waals surface area contributed by atoms with Gasteiger partial charge in [-0.05, 0) is 31.0 Å². The molecule has 1 rings (SSSR count). The highest BCUT2D eigenvalue weighted by molar-refractivity contribution is 5.95. The van der Waals surface area contributed by atoms with Crippen molar-refractivity contribution in [3.8, 4) is 18.1 Å². The van der Waals surface area contributed by atoms with Crippen molar-refractivity contribution in [3.05, 3.63) is 29.3 Å². The van der Waals surface area contributed by atoms with Gasteiger partial charge in [-0.25, -0.2) is 0 Å². The SMILES string of the molecule is C#CC(CC)NC(=O)c1ccc(C)c(OC)c1. The van der Waals surface area contributed by atoms with Gasteiger partial charge in [-0.2, -0.15) is 0 Å². The van der Waals surface area contributed by atoms with Crippen LogP contribution >= 0.6 is 0 Å². The Kier molecular flexibility index (Phi) is 4.59. The van der Waals surface area contributed by atoms with E-state index in [2.05, 4.69) is 11.2 Å². The summed E-state index contributed by atoms with van der Waals surface area (Å²) in [4.78, 5) is 11.9. The van der Waals surface area contributed by atoms with Crippen molar-refractivity contribution in [1.82, 2.24) is 5.32 Å². The third-order valence-electron chi connectivity index (χ3n) is 2.59. The van der Waals surface area contributed by atoms with Gasteiger partial charge in [0.2, 0.25) is 0 Å². The summed E-state index contributed by atoms with van der Waals surface area (Å²) in [6.45, 7) is 3.86. The summed E-state index contributed by atoms with van der Waals surface area (Å²) in [5, 5.41) is 2.77. The normalized spacial score (nSPS) is 11.4. The average molecular weight is 231 g/mol. The fraction of sp³-hybridized carbons (Fsp3) is 0.357. The predicted octanol–water partition coefficient (Wildman–Crippen LogP) is 2.15. The number of hydrogen-bond acceptors (Lipinski definition) is 2. The van der Waals surface area contributed by atoms with Gasteiger partial charge in [0, 0.05) is 5.56 Å². The molecule has 17 heavy (non-hydrogen) atoms. The van der Waals surface area contributed by atoms with Crippen LogP contribution in [0.5, 0.6) is 5.75 Å². The molecule has 90 valence electrons. The van der Waals surface area contributed by atoms with Gasteiger partial charge >= 0.3 is 0 Å². The van der Waals surface area contributed by atoms with Crippen LogP contribution in [-0.4, -0.2) is 19.1 Å². The smallest absolute Gasteiger partial charge is 0.252 e. The molecule has 0 saturated carbocycles. The summed E-state index contributed by atoms with van der Waals surface area (Å²) >= 11 is 0. The number of carbonyl (C=O) groups excluding carboxylic acids is 1. The van der Waals surface area contributed by atoms with E-state index in [1.807, 2.05) is 19.9 Å². The van der Waals surface area contributed by atoms with Crippen LogP contribution in [0.3, 0.4) is 0 Å². The highest BCUT2D eigenvalue weighted by Crippen LogP contribution is 2.18. The monoisotopic (exact) mass is 231 g/mol. The molecular weight excluding hydrogens is 214 g/mol. The van der Waals surface area contributed by atoms with E-state index in [1.165, 1.54) is 0 Å². The van der Waals surface area contributed by atoms with Crippen LogP contribution < -0.4 is 10.1 Å². The van der Waals surface area contributed by atoms with Crippen molar-refractivity contribution in [2.45, 2.75) is 26.3 Å². The van der Waals surface area contributed by atoms with Gasteiger partial charge in [0.15, 0.2) is 0 Å². The lowest BCUT2D eigenvalue weighted by molar-refractivity contribution is 0.0944. The van der Waals surface area contributed by atoms with Crippen LogP contribution in [0.15, 0.2) is 18.2 Å². The zero-order valence-corrected chi connectivity index (χ0v) is 10.4. The van der Waals surface area contributed by atoms with Crippen molar-refractivity contribution in [2.24, 2.45) is 0 Å². The molecule has 0 aromatic heterocycles. The predicted molar refractivity (Wildman–Crippen MR) is 68.1 cm³/mol. The standard InChI is InChI=1S/C14H17NO2/c1-5-12(6-2)15-14(16)11-8-7-10(3)13(9-11)17-4/h1,7-9,12H,6H2,2-4H3,(H,15,16). The third-order valence-corrected chi connectivity index (χ3v) is 2.59. The van der Waals surface area contributed by atoms with Crippen LogP contribution in [0.25, 0.3) is 0 Å². The number of rotatable bonds is 4. The second-order valence-electron chi connectivity index (χ2n) is 3.79. The van der Waals surface area contributed by atoms with E-state index in [1.54, 1.807) is 19.2 Å². The van der Waals surface area contributed by atoms with Crippen molar-refractivity contribution in [2.75, 3.05) is 7.11 Å². The Labute approximate surface area is 102 Å². The molecule has 3 nitrogen and oxygen atoms in total. The number of amides is 1. The molecule has 1 atom stereocenters. The maximum atomic E-state index is 11.9. The lowest BCUT2D eigenvalue weighted by atomic mass is 10.1. The zero-order chi connectivity index (χ0) is 12.8. The van der Waals surface area contributed by atoms with E-state index in [9.17, 15) is 4.79 Å². The van der Waals surface area contributed by atoms with Crippen LogP contribution in [0, 0.1) is 19.3 Å². The Morgan fingerprint density at radius 3 is 2.82 bits per heavy atom. The molecule has 0 fully saturated rings. The maximum Gasteiger partial charge on any atom is 0.252 e. The third kappa shape index (κ3) is 3.25. The van der Waals surface area contributed by atoms with E-state index in [-0.39, 0.29) is 11.9 Å². The quantitative estimate of drug-likeness (QED) is 0.806. The van der Waals surface area contributed by atoms with E-state index >= 15 is 0 Å². The van der Waals surface area contributed by atoms with Gasteiger partial charge in [0.1, 0.15) is 5.75 Å². The lowest BCUT2D eigenvalue weighted by Gasteiger charge is -2.12. The summed E-state index contributed by atoms with van der Waals surface area (Å²) < 4.78 is 5.17. The first-order valence-corrected chi connectivity index (χ1v) is 5.54. The van der Waals surface area contributed by atoms with E-state index in [4.69, 9.17) is 11.2 Å². The number of benzene rings is 1. The topological polar surface area (TPSA) is 38.3 Å². The number of hydrogen-bond donors (Lipinski definition) is 1. The molecule has 0 aliphatic rings. The molecule has 0 heterocycles. The zero-order valence-electron chi connectivity index (χ0n) is 10.4. The number of ether oxygens (including phenoxy) is 1. The molecular formula is C14H17NO2. The minimum Gasteiger partial charge on any atom is -0.496 e. The Morgan fingerprint density at radius 1 is 1.59 bits per heavy atom. The summed E-state index contributed by atoms with van der Waals surface area (Å²) in [6, 6.07) is 5.10. The first-order chi connectivity index (χ1) is 8.12. The molecule has 1 aromatic rings. The summed E-state index contributed by atoms with van der Waals surface area (Å²) in [5.41, 5.74) is 1.55. The van der Waals surface area contributed by atoms with Crippen LogP contribution in [0.1, 0.15) is 29.3 Å². The molecule has 0 saturated heterocycles. The van der Waals surface area contributed by atoms with E-state index in [0.717, 1.165) is 5.56 Å². The number of terminal acetylenes is 1. The largest absolute Gasteiger partial charge is 0.496 e. The highest BCUT2D eigenvalue weighted by Gasteiger charge is 2.11. The minimum atomic E-state index is -0.227. The Bertz CT molecular complexity index is 446. The second kappa shape index (κ2) is 5.95. The lowest BCUT2D eigenvalue weighted by Crippen LogP contribution is -2.33. The van der Waals surface area contributed by atoms with Gasteiger partial charge in [0.25, 0.3) is 5.91 Å². The fourth-order valence-electron chi connectivity index (χ4n) is 1.46. The number of methoxy groups -OCH3 is 1. The molecule has 0 aliphatic heterocycles. The van der Waals surface area contributed by atoms with Crippen molar-refractivity contribution < 1.29 is 9.53 Å². The number of aryl methyl sites for hydroxylation is 1. The molecule has 3 heteroatoms. The van der Waals surface area contributed by atoms with Gasteiger partial charge in [-0.15, -0.1) is 6.42 Å². The molecule has 0 spiro atoms. The highest BCUT2D eigenvalue weighted by atomic mass is 16.5. The van der Waals surface area contributed by atoms with E-state index < -0.39 is 0 Å². The van der Waals surface area contributed by atoms with E-state index in [0.29, 0.717) is 17.7 Å². The van der Waals surface area contributed by atoms with Crippen LogP contribution in [0.4, 0.5) is 0 Å². The number of carbonyl (C=O) groups is 1. The second-order valence-corrected chi connectivity index (χ2v) is 3.79. The first-order valence-electron chi connectivity index (χ1n) is 5.54. The van der Waals surface area contributed by atoms with Crippen molar-refractivity contribution >= 4 is 5.91 Å².